The highest BCUT2D eigenvalue weighted by molar-refractivity contribution is 5.60. The topological polar surface area (TPSA) is 52.0 Å². The van der Waals surface area contributed by atoms with Crippen molar-refractivity contribution in [1.82, 2.24) is 15.0 Å². The predicted molar refractivity (Wildman–Crippen MR) is 73.4 cm³/mol. The molecule has 1 saturated heterocycles. The van der Waals surface area contributed by atoms with E-state index in [4.69, 9.17) is 4.74 Å². The molecule has 0 atom stereocenters. The van der Waals surface area contributed by atoms with E-state index >= 15 is 0 Å². The highest BCUT2D eigenvalue weighted by Gasteiger charge is 2.14. The van der Waals surface area contributed by atoms with Crippen molar-refractivity contribution < 1.29 is 4.74 Å². The third kappa shape index (κ3) is 2.93. The average molecular weight is 258 g/mol. The molecule has 1 aliphatic rings. The van der Waals surface area contributed by atoms with Crippen LogP contribution in [0, 0.1) is 5.92 Å². The van der Waals surface area contributed by atoms with Gasteiger partial charge in [-0.2, -0.15) is 0 Å². The molecule has 1 N–H and O–H groups in total. The van der Waals surface area contributed by atoms with Crippen LogP contribution in [-0.4, -0.2) is 34.8 Å². The van der Waals surface area contributed by atoms with Crippen LogP contribution in [0.3, 0.4) is 0 Å². The Labute approximate surface area is 112 Å². The molecule has 19 heavy (non-hydrogen) atoms. The Morgan fingerprint density at radius 2 is 2.11 bits per heavy atom. The van der Waals surface area contributed by atoms with E-state index in [1.807, 2.05) is 24.4 Å². The zero-order valence-corrected chi connectivity index (χ0v) is 10.8. The van der Waals surface area contributed by atoms with Gasteiger partial charge in [0.15, 0.2) is 0 Å². The monoisotopic (exact) mass is 258 g/mol. The molecular weight excluding hydrogens is 240 g/mol. The molecular formula is C14H18N4O. The smallest absolute Gasteiger partial charge is 0.0894 e. The molecule has 1 fully saturated rings. The number of hydrogen-bond acceptors (Lipinski definition) is 4. The van der Waals surface area contributed by atoms with Gasteiger partial charge in [0.2, 0.25) is 0 Å². The second kappa shape index (κ2) is 5.84. The second-order valence-corrected chi connectivity index (χ2v) is 4.80. The largest absolute Gasteiger partial charge is 0.383 e. The third-order valence-corrected chi connectivity index (χ3v) is 3.50. The average Bonchev–Trinajstić information content (AvgIpc) is 3.01. The Hall–Kier alpha value is -1.88. The molecule has 100 valence electrons. The maximum Gasteiger partial charge on any atom is 0.0894 e. The molecule has 1 aromatic carbocycles. The van der Waals surface area contributed by atoms with Gasteiger partial charge in [0.05, 0.1) is 23.8 Å². The highest BCUT2D eigenvalue weighted by atomic mass is 16.5. The molecule has 0 aliphatic carbocycles. The van der Waals surface area contributed by atoms with E-state index in [2.05, 4.69) is 21.7 Å². The van der Waals surface area contributed by atoms with Crippen molar-refractivity contribution >= 4 is 5.69 Å². The van der Waals surface area contributed by atoms with Gasteiger partial charge >= 0.3 is 0 Å². The van der Waals surface area contributed by atoms with Gasteiger partial charge in [0.25, 0.3) is 0 Å². The van der Waals surface area contributed by atoms with Gasteiger partial charge < -0.3 is 10.1 Å². The van der Waals surface area contributed by atoms with Gasteiger partial charge in [-0.3, -0.25) is 0 Å². The van der Waals surface area contributed by atoms with E-state index in [0.29, 0.717) is 5.92 Å². The molecule has 5 nitrogen and oxygen atoms in total. The summed E-state index contributed by atoms with van der Waals surface area (Å²) in [6.07, 6.45) is 5.82. The summed E-state index contributed by atoms with van der Waals surface area (Å²) in [6, 6.07) is 8.17. The van der Waals surface area contributed by atoms with Crippen LogP contribution >= 0.6 is 0 Å². The second-order valence-electron chi connectivity index (χ2n) is 4.80. The summed E-state index contributed by atoms with van der Waals surface area (Å²) in [4.78, 5) is 0. The van der Waals surface area contributed by atoms with Crippen molar-refractivity contribution in [3.63, 3.8) is 0 Å². The lowest BCUT2D eigenvalue weighted by Crippen LogP contribution is -2.23. The number of anilines is 1. The summed E-state index contributed by atoms with van der Waals surface area (Å²) in [7, 11) is 0. The van der Waals surface area contributed by atoms with Crippen molar-refractivity contribution in [3.05, 3.63) is 36.7 Å². The van der Waals surface area contributed by atoms with Gasteiger partial charge in [-0.25, -0.2) is 4.68 Å². The number of ether oxygens (including phenoxy) is 1. The Morgan fingerprint density at radius 3 is 2.89 bits per heavy atom. The Morgan fingerprint density at radius 1 is 1.26 bits per heavy atom. The Bertz CT molecular complexity index is 506. The summed E-state index contributed by atoms with van der Waals surface area (Å²) in [5.41, 5.74) is 2.13. The number of rotatable bonds is 4. The summed E-state index contributed by atoms with van der Waals surface area (Å²) >= 11 is 0. The molecule has 1 aromatic heterocycles. The number of hydrogen-bond donors (Lipinski definition) is 1. The fourth-order valence-electron chi connectivity index (χ4n) is 2.36. The van der Waals surface area contributed by atoms with Crippen molar-refractivity contribution in [3.8, 4) is 5.69 Å². The molecule has 0 bridgehead atoms. The maximum absolute atomic E-state index is 5.38. The van der Waals surface area contributed by atoms with Crippen molar-refractivity contribution in [2.75, 3.05) is 25.1 Å². The lowest BCUT2D eigenvalue weighted by Gasteiger charge is -2.23. The lowest BCUT2D eigenvalue weighted by atomic mass is 10.0. The SMILES string of the molecule is c1ccc(-n2ccnn2)c(NCC2CCOCC2)c1. The fourth-order valence-corrected chi connectivity index (χ4v) is 2.36. The van der Waals surface area contributed by atoms with Crippen LogP contribution in [0.15, 0.2) is 36.7 Å². The van der Waals surface area contributed by atoms with Crippen LogP contribution in [0.5, 0.6) is 0 Å². The number of benzene rings is 1. The first-order chi connectivity index (χ1) is 9.43. The molecule has 0 radical (unpaired) electrons. The maximum atomic E-state index is 5.38. The van der Waals surface area contributed by atoms with E-state index in [1.165, 1.54) is 0 Å². The number of para-hydroxylation sites is 2. The molecule has 0 saturated carbocycles. The normalized spacial score (nSPS) is 16.4. The number of aromatic nitrogens is 3. The summed E-state index contributed by atoms with van der Waals surface area (Å²) in [5, 5.41) is 11.4. The van der Waals surface area contributed by atoms with Gasteiger partial charge in [-0.05, 0) is 30.9 Å². The summed E-state index contributed by atoms with van der Waals surface area (Å²) < 4.78 is 7.17. The van der Waals surface area contributed by atoms with Gasteiger partial charge in [0.1, 0.15) is 0 Å². The first-order valence-electron chi connectivity index (χ1n) is 6.71. The van der Waals surface area contributed by atoms with Crippen LogP contribution in [0.25, 0.3) is 5.69 Å². The zero-order chi connectivity index (χ0) is 12.9. The quantitative estimate of drug-likeness (QED) is 0.912. The zero-order valence-electron chi connectivity index (χ0n) is 10.8. The number of nitrogens with zero attached hydrogens (tertiary/aromatic N) is 3. The first kappa shape index (κ1) is 12.2. The fraction of sp³-hybridized carbons (Fsp3) is 0.429. The molecule has 1 aliphatic heterocycles. The molecule has 3 rings (SSSR count). The standard InChI is InChI=1S/C14H18N4O/c1-2-4-14(18-8-7-16-17-18)13(3-1)15-11-12-5-9-19-10-6-12/h1-4,7-8,12,15H,5-6,9-11H2. The minimum Gasteiger partial charge on any atom is -0.383 e. The number of nitrogens with one attached hydrogen (secondary N) is 1. The van der Waals surface area contributed by atoms with Crippen LogP contribution in [0.1, 0.15) is 12.8 Å². The van der Waals surface area contributed by atoms with Crippen LogP contribution in [0.2, 0.25) is 0 Å². The molecule has 0 amide bonds. The molecule has 2 heterocycles. The van der Waals surface area contributed by atoms with E-state index < -0.39 is 0 Å². The molecule has 0 spiro atoms. The van der Waals surface area contributed by atoms with Crippen LogP contribution in [0.4, 0.5) is 5.69 Å². The Kier molecular flexibility index (Phi) is 3.74. The molecule has 0 unspecified atom stereocenters. The van der Waals surface area contributed by atoms with E-state index in [9.17, 15) is 0 Å². The predicted octanol–water partition coefficient (Wildman–Crippen LogP) is 2.11. The van der Waals surface area contributed by atoms with Crippen molar-refractivity contribution in [2.45, 2.75) is 12.8 Å². The summed E-state index contributed by atoms with van der Waals surface area (Å²) in [6.45, 7) is 2.75. The highest BCUT2D eigenvalue weighted by Crippen LogP contribution is 2.21. The van der Waals surface area contributed by atoms with Crippen molar-refractivity contribution in [1.29, 1.82) is 0 Å². The van der Waals surface area contributed by atoms with E-state index in [1.54, 1.807) is 10.9 Å². The van der Waals surface area contributed by atoms with E-state index in [0.717, 1.165) is 44.0 Å². The minimum atomic E-state index is 0.692. The molecule has 5 heteroatoms. The minimum absolute atomic E-state index is 0.692. The summed E-state index contributed by atoms with van der Waals surface area (Å²) in [5.74, 6) is 0.692. The van der Waals surface area contributed by atoms with Gasteiger partial charge in [-0.15, -0.1) is 5.10 Å². The van der Waals surface area contributed by atoms with Gasteiger partial charge in [0, 0.05) is 19.8 Å². The molecule has 2 aromatic rings. The van der Waals surface area contributed by atoms with Crippen LogP contribution in [-0.2, 0) is 4.74 Å². The third-order valence-electron chi connectivity index (χ3n) is 3.50. The lowest BCUT2D eigenvalue weighted by molar-refractivity contribution is 0.0699. The van der Waals surface area contributed by atoms with Crippen LogP contribution < -0.4 is 5.32 Å². The van der Waals surface area contributed by atoms with E-state index in [-0.39, 0.29) is 0 Å². The van der Waals surface area contributed by atoms with Crippen molar-refractivity contribution in [2.24, 2.45) is 5.92 Å². The first-order valence-corrected chi connectivity index (χ1v) is 6.71. The van der Waals surface area contributed by atoms with Gasteiger partial charge in [-0.1, -0.05) is 17.3 Å². The Balaban J connectivity index is 1.70.